The zero-order chi connectivity index (χ0) is 29.7. The fourth-order valence-electron chi connectivity index (χ4n) is 5.07. The van der Waals surface area contributed by atoms with Crippen molar-refractivity contribution in [3.8, 4) is 34.3 Å². The average Bonchev–Trinajstić information content (AvgIpc) is 2.92. The molecule has 9 N–H and O–H groups in total. The summed E-state index contributed by atoms with van der Waals surface area (Å²) in [6, 6.07) is 5.96. The van der Waals surface area contributed by atoms with Crippen molar-refractivity contribution in [3.05, 3.63) is 46.1 Å². The molecular weight excluding hydrogens is 548 g/mol. The first-order chi connectivity index (χ1) is 19.4. The molecule has 0 unspecified atom stereocenters. The molecule has 0 saturated carbocycles. The Morgan fingerprint density at radius 1 is 0.902 bits per heavy atom. The van der Waals surface area contributed by atoms with E-state index in [1.807, 2.05) is 0 Å². The van der Waals surface area contributed by atoms with Gasteiger partial charge in [-0.2, -0.15) is 0 Å². The van der Waals surface area contributed by atoms with Crippen molar-refractivity contribution in [3.63, 3.8) is 0 Å². The minimum Gasteiger partial charge on any atom is -0.507 e. The summed E-state index contributed by atoms with van der Waals surface area (Å²) in [7, 11) is 0. The van der Waals surface area contributed by atoms with Gasteiger partial charge in [0, 0.05) is 24.1 Å². The molecule has 0 bridgehead atoms. The van der Waals surface area contributed by atoms with Gasteiger partial charge in [0.1, 0.15) is 58.7 Å². The predicted molar refractivity (Wildman–Crippen MR) is 137 cm³/mol. The number of aromatic hydroxyl groups is 3. The molecule has 2 aliphatic heterocycles. The van der Waals surface area contributed by atoms with Crippen LogP contribution in [-0.2, 0) is 9.47 Å². The quantitative estimate of drug-likeness (QED) is 0.182. The third-order valence-corrected chi connectivity index (χ3v) is 7.38. The van der Waals surface area contributed by atoms with Crippen LogP contribution >= 0.6 is 0 Å². The number of phenolic OH excluding ortho intramolecular Hbond substituents is 3. The Hall–Kier alpha value is -3.47. The first-order valence-corrected chi connectivity index (χ1v) is 12.8. The van der Waals surface area contributed by atoms with Crippen LogP contribution in [0.25, 0.3) is 22.3 Å². The van der Waals surface area contributed by atoms with E-state index in [4.69, 9.17) is 18.6 Å². The van der Waals surface area contributed by atoms with E-state index in [1.54, 1.807) is 0 Å². The summed E-state index contributed by atoms with van der Waals surface area (Å²) in [6.07, 6.45) is -12.2. The number of aliphatic hydroxyl groups excluding tert-OH is 6. The molecule has 5 rings (SSSR count). The lowest BCUT2D eigenvalue weighted by Crippen LogP contribution is -2.60. The van der Waals surface area contributed by atoms with Crippen LogP contribution in [0.4, 0.5) is 0 Å². The highest BCUT2D eigenvalue weighted by atomic mass is 16.7. The maximum absolute atomic E-state index is 13.1. The highest BCUT2D eigenvalue weighted by molar-refractivity contribution is 5.88. The summed E-state index contributed by atoms with van der Waals surface area (Å²) < 4.78 is 22.3. The summed E-state index contributed by atoms with van der Waals surface area (Å²) in [4.78, 5) is 13.1. The van der Waals surface area contributed by atoms with E-state index in [-0.39, 0.29) is 40.0 Å². The van der Waals surface area contributed by atoms with Gasteiger partial charge in [-0.3, -0.25) is 4.79 Å². The summed E-state index contributed by atoms with van der Waals surface area (Å²) in [5, 5.41) is 91.4. The van der Waals surface area contributed by atoms with Crippen LogP contribution in [0, 0.1) is 0 Å². The van der Waals surface area contributed by atoms with E-state index < -0.39 is 84.4 Å². The van der Waals surface area contributed by atoms with Crippen LogP contribution in [-0.4, -0.2) is 102 Å². The molecule has 41 heavy (non-hydrogen) atoms. The van der Waals surface area contributed by atoms with Gasteiger partial charge in [-0.15, -0.1) is 0 Å². The van der Waals surface area contributed by atoms with Crippen molar-refractivity contribution in [2.45, 2.75) is 68.5 Å². The standard InChI is InChI=1S/C27H30O14/c1-9-22(33)14(32)7-17(38-9)20-13(31)6-18-21(24(20)35)12(30)5-15(39-18)10-2-3-11(29)16(4-10)40-27-26(37)25(36)23(34)19(8-28)41-27/h2-6,9,14,17,19,22-23,25-29,31-37H,7-8H2,1H3/t9-,14+,17-,19-,22+,23-,25+,26-,27-/m1/s1. The maximum atomic E-state index is 13.1. The number of aliphatic hydroxyl groups is 6. The number of hydrogen-bond acceptors (Lipinski definition) is 14. The van der Waals surface area contributed by atoms with Gasteiger partial charge < -0.3 is 64.6 Å². The van der Waals surface area contributed by atoms with E-state index in [0.29, 0.717) is 0 Å². The zero-order valence-electron chi connectivity index (χ0n) is 21.6. The second-order valence-corrected chi connectivity index (χ2v) is 10.1. The lowest BCUT2D eigenvalue weighted by molar-refractivity contribution is -0.277. The molecule has 0 amide bonds. The Kier molecular flexibility index (Phi) is 7.84. The summed E-state index contributed by atoms with van der Waals surface area (Å²) >= 11 is 0. The van der Waals surface area contributed by atoms with Crippen molar-refractivity contribution in [1.82, 2.24) is 0 Å². The van der Waals surface area contributed by atoms with Gasteiger partial charge in [-0.25, -0.2) is 0 Å². The van der Waals surface area contributed by atoms with E-state index in [0.717, 1.165) is 12.1 Å². The highest BCUT2D eigenvalue weighted by Gasteiger charge is 2.45. The molecule has 0 spiro atoms. The topological polar surface area (TPSA) is 240 Å². The maximum Gasteiger partial charge on any atom is 0.229 e. The third kappa shape index (κ3) is 5.20. The number of ether oxygens (including phenoxy) is 3. The molecule has 0 aliphatic carbocycles. The van der Waals surface area contributed by atoms with Crippen molar-refractivity contribution in [2.75, 3.05) is 6.61 Å². The van der Waals surface area contributed by atoms with Crippen LogP contribution in [0.2, 0.25) is 0 Å². The molecule has 2 saturated heterocycles. The van der Waals surface area contributed by atoms with Crippen molar-refractivity contribution >= 4 is 11.0 Å². The highest BCUT2D eigenvalue weighted by Crippen LogP contribution is 2.44. The number of phenols is 3. The third-order valence-electron chi connectivity index (χ3n) is 7.38. The van der Waals surface area contributed by atoms with Gasteiger partial charge >= 0.3 is 0 Å². The van der Waals surface area contributed by atoms with Crippen molar-refractivity contribution in [2.24, 2.45) is 0 Å². The Morgan fingerprint density at radius 2 is 1.63 bits per heavy atom. The first-order valence-electron chi connectivity index (χ1n) is 12.8. The minimum absolute atomic E-state index is 0.0613. The van der Waals surface area contributed by atoms with E-state index in [9.17, 15) is 50.8 Å². The fourth-order valence-corrected chi connectivity index (χ4v) is 5.07. The molecule has 14 nitrogen and oxygen atoms in total. The van der Waals surface area contributed by atoms with Crippen LogP contribution in [0.5, 0.6) is 23.0 Å². The smallest absolute Gasteiger partial charge is 0.229 e. The molecular formula is C27H30O14. The number of benzene rings is 2. The Labute approximate surface area is 231 Å². The minimum atomic E-state index is -1.74. The number of fused-ring (bicyclic) bond motifs is 1. The SMILES string of the molecule is C[C@H]1O[C@@H](c2c(O)cc3oc(-c4ccc(O)c(O[C@@H]5O[C@H](CO)[C@@H](O)[C@H](O)[C@H]5O)c4)cc(=O)c3c2O)C[C@H](O)[C@H]1O. The van der Waals surface area contributed by atoms with Gasteiger partial charge in [0.15, 0.2) is 16.9 Å². The second-order valence-electron chi connectivity index (χ2n) is 10.1. The molecule has 222 valence electrons. The van der Waals surface area contributed by atoms with E-state index in [1.165, 1.54) is 25.1 Å². The number of rotatable bonds is 5. The predicted octanol–water partition coefficient (Wildman–Crippen LogP) is -0.673. The van der Waals surface area contributed by atoms with Crippen LogP contribution in [0.15, 0.2) is 39.5 Å². The van der Waals surface area contributed by atoms with Gasteiger partial charge in [-0.1, -0.05) is 0 Å². The Balaban J connectivity index is 1.49. The lowest BCUT2D eigenvalue weighted by atomic mass is 9.92. The van der Waals surface area contributed by atoms with Crippen LogP contribution in [0.1, 0.15) is 25.0 Å². The second kappa shape index (κ2) is 11.1. The monoisotopic (exact) mass is 578 g/mol. The molecule has 3 heterocycles. The normalized spacial score (nSPS) is 32.2. The van der Waals surface area contributed by atoms with E-state index >= 15 is 0 Å². The summed E-state index contributed by atoms with van der Waals surface area (Å²) in [5.41, 5.74) is -0.852. The van der Waals surface area contributed by atoms with Gasteiger partial charge in [0.25, 0.3) is 0 Å². The lowest BCUT2D eigenvalue weighted by Gasteiger charge is -2.39. The van der Waals surface area contributed by atoms with Crippen molar-refractivity contribution < 1.29 is 64.6 Å². The number of hydrogen-bond donors (Lipinski definition) is 9. The molecule has 2 aromatic carbocycles. The van der Waals surface area contributed by atoms with Gasteiger partial charge in [0.05, 0.1) is 30.5 Å². The Bertz CT molecular complexity index is 1470. The molecule has 2 aliphatic rings. The van der Waals surface area contributed by atoms with Crippen LogP contribution in [0.3, 0.4) is 0 Å². The summed E-state index contributed by atoms with van der Waals surface area (Å²) in [6.45, 7) is 0.831. The Morgan fingerprint density at radius 3 is 2.32 bits per heavy atom. The van der Waals surface area contributed by atoms with E-state index in [2.05, 4.69) is 0 Å². The van der Waals surface area contributed by atoms with Gasteiger partial charge in [0.2, 0.25) is 6.29 Å². The molecule has 2 fully saturated rings. The zero-order valence-corrected chi connectivity index (χ0v) is 21.6. The average molecular weight is 579 g/mol. The fraction of sp³-hybridized carbons (Fsp3) is 0.444. The molecule has 9 atom stereocenters. The van der Waals surface area contributed by atoms with Crippen molar-refractivity contribution in [1.29, 1.82) is 0 Å². The molecule has 3 aromatic rings. The molecule has 14 heteroatoms. The first kappa shape index (κ1) is 29.0. The summed E-state index contributed by atoms with van der Waals surface area (Å²) in [5.74, 6) is -1.83. The molecule has 0 radical (unpaired) electrons. The van der Waals surface area contributed by atoms with Crippen LogP contribution < -0.4 is 10.2 Å². The van der Waals surface area contributed by atoms with Gasteiger partial charge in [-0.05, 0) is 25.1 Å². The largest absolute Gasteiger partial charge is 0.507 e. The molecule has 1 aromatic heterocycles.